The minimum absolute atomic E-state index is 0.520. The number of hydrogen-bond donors (Lipinski definition) is 1. The summed E-state index contributed by atoms with van der Waals surface area (Å²) >= 11 is 1.84. The highest BCUT2D eigenvalue weighted by atomic mass is 32.2. The second kappa shape index (κ2) is 4.57. The van der Waals surface area contributed by atoms with Crippen LogP contribution in [-0.2, 0) is 0 Å². The first-order valence-electron chi connectivity index (χ1n) is 4.98. The molecule has 80 valence electrons. The Balaban J connectivity index is 2.00. The van der Waals surface area contributed by atoms with Gasteiger partial charge < -0.3 is 10.5 Å². The summed E-state index contributed by atoms with van der Waals surface area (Å²) in [6.07, 6.45) is 3.13. The summed E-state index contributed by atoms with van der Waals surface area (Å²) < 4.78 is 4.81. The van der Waals surface area contributed by atoms with Crippen LogP contribution in [0.1, 0.15) is 19.3 Å². The summed E-state index contributed by atoms with van der Waals surface area (Å²) in [5, 5.41) is 0.730. The van der Waals surface area contributed by atoms with Crippen molar-refractivity contribution in [3.8, 4) is 5.75 Å². The molecule has 0 aliphatic heterocycles. The predicted octanol–water partition coefficient (Wildman–Crippen LogP) is 2.79. The van der Waals surface area contributed by atoms with E-state index < -0.39 is 6.09 Å². The lowest BCUT2D eigenvalue weighted by Crippen LogP contribution is -2.16. The molecule has 2 rings (SSSR count). The number of primary amides is 1. The minimum atomic E-state index is -0.763. The van der Waals surface area contributed by atoms with Gasteiger partial charge in [0.15, 0.2) is 0 Å². The van der Waals surface area contributed by atoms with Crippen LogP contribution in [0.5, 0.6) is 5.75 Å². The number of thioether (sulfide) groups is 1. The molecule has 3 nitrogen and oxygen atoms in total. The van der Waals surface area contributed by atoms with Crippen molar-refractivity contribution in [3.63, 3.8) is 0 Å². The molecule has 15 heavy (non-hydrogen) atoms. The molecule has 1 amide bonds. The quantitative estimate of drug-likeness (QED) is 0.857. The van der Waals surface area contributed by atoms with Gasteiger partial charge in [0.1, 0.15) is 5.75 Å². The van der Waals surface area contributed by atoms with Crippen LogP contribution in [0.3, 0.4) is 0 Å². The molecule has 0 aromatic heterocycles. The number of hydrogen-bond acceptors (Lipinski definition) is 3. The van der Waals surface area contributed by atoms with Crippen LogP contribution in [0.2, 0.25) is 0 Å². The molecule has 4 heteroatoms. The Morgan fingerprint density at radius 1 is 1.47 bits per heavy atom. The van der Waals surface area contributed by atoms with Gasteiger partial charge in [0.25, 0.3) is 0 Å². The van der Waals surface area contributed by atoms with Gasteiger partial charge in [0.05, 0.1) is 0 Å². The van der Waals surface area contributed by atoms with Crippen LogP contribution < -0.4 is 10.5 Å². The molecule has 1 aromatic rings. The molecule has 0 spiro atoms. The third kappa shape index (κ3) is 2.89. The van der Waals surface area contributed by atoms with Crippen LogP contribution in [0.4, 0.5) is 4.79 Å². The van der Waals surface area contributed by atoms with Crippen LogP contribution in [0, 0.1) is 0 Å². The van der Waals surface area contributed by atoms with E-state index >= 15 is 0 Å². The number of carbonyl (C=O) groups excluding carboxylic acids is 1. The largest absolute Gasteiger partial charge is 0.410 e. The second-order valence-corrected chi connectivity index (χ2v) is 4.94. The number of amides is 1. The van der Waals surface area contributed by atoms with E-state index in [1.165, 1.54) is 19.3 Å². The SMILES string of the molecule is NC(=O)Oc1cccc(SC2CCC2)c1. The Morgan fingerprint density at radius 2 is 2.27 bits per heavy atom. The number of ether oxygens (including phenoxy) is 1. The van der Waals surface area contributed by atoms with Crippen molar-refractivity contribution in [1.29, 1.82) is 0 Å². The van der Waals surface area contributed by atoms with Crippen LogP contribution in [0.25, 0.3) is 0 Å². The fraction of sp³-hybridized carbons (Fsp3) is 0.364. The summed E-state index contributed by atoms with van der Waals surface area (Å²) in [5.74, 6) is 0.520. The third-order valence-electron chi connectivity index (χ3n) is 2.38. The monoisotopic (exact) mass is 223 g/mol. The number of carbonyl (C=O) groups is 1. The summed E-state index contributed by atoms with van der Waals surface area (Å²) in [4.78, 5) is 11.7. The van der Waals surface area contributed by atoms with Crippen molar-refractivity contribution in [2.75, 3.05) is 0 Å². The lowest BCUT2D eigenvalue weighted by atomic mass is 10.0. The molecule has 1 fully saturated rings. The molecule has 1 aliphatic carbocycles. The Labute approximate surface area is 93.0 Å². The van der Waals surface area contributed by atoms with E-state index in [-0.39, 0.29) is 0 Å². The molecule has 0 heterocycles. The Hall–Kier alpha value is -1.16. The molecule has 0 saturated heterocycles. The highest BCUT2D eigenvalue weighted by Crippen LogP contribution is 2.37. The molecular weight excluding hydrogens is 210 g/mol. The molecule has 0 bridgehead atoms. The van der Waals surface area contributed by atoms with E-state index in [4.69, 9.17) is 10.5 Å². The average molecular weight is 223 g/mol. The van der Waals surface area contributed by atoms with Gasteiger partial charge in [0.2, 0.25) is 0 Å². The summed E-state index contributed by atoms with van der Waals surface area (Å²) in [6.45, 7) is 0. The van der Waals surface area contributed by atoms with Gasteiger partial charge in [0, 0.05) is 10.1 Å². The summed E-state index contributed by atoms with van der Waals surface area (Å²) in [7, 11) is 0. The van der Waals surface area contributed by atoms with Gasteiger partial charge in [-0.25, -0.2) is 4.79 Å². The molecular formula is C11H13NO2S. The Morgan fingerprint density at radius 3 is 2.87 bits per heavy atom. The van der Waals surface area contributed by atoms with Crippen molar-refractivity contribution in [3.05, 3.63) is 24.3 Å². The molecule has 1 saturated carbocycles. The third-order valence-corrected chi connectivity index (χ3v) is 3.71. The Kier molecular flexibility index (Phi) is 3.16. The zero-order chi connectivity index (χ0) is 10.7. The van der Waals surface area contributed by atoms with Gasteiger partial charge in [-0.3, -0.25) is 0 Å². The van der Waals surface area contributed by atoms with Crippen molar-refractivity contribution < 1.29 is 9.53 Å². The number of benzene rings is 1. The molecule has 0 radical (unpaired) electrons. The Bertz CT molecular complexity index is 363. The van der Waals surface area contributed by atoms with Crippen molar-refractivity contribution >= 4 is 17.9 Å². The lowest BCUT2D eigenvalue weighted by molar-refractivity contribution is 0.211. The normalized spacial score (nSPS) is 15.7. The summed E-state index contributed by atoms with van der Waals surface area (Å²) in [6, 6.07) is 7.49. The zero-order valence-corrected chi connectivity index (χ0v) is 9.13. The van der Waals surface area contributed by atoms with Crippen LogP contribution in [-0.4, -0.2) is 11.3 Å². The minimum Gasteiger partial charge on any atom is -0.410 e. The van der Waals surface area contributed by atoms with Gasteiger partial charge >= 0.3 is 6.09 Å². The topological polar surface area (TPSA) is 52.3 Å². The van der Waals surface area contributed by atoms with Crippen molar-refractivity contribution in [1.82, 2.24) is 0 Å². The van der Waals surface area contributed by atoms with E-state index in [1.54, 1.807) is 6.07 Å². The maximum atomic E-state index is 10.6. The first-order valence-corrected chi connectivity index (χ1v) is 5.86. The molecule has 0 atom stereocenters. The van der Waals surface area contributed by atoms with E-state index in [1.807, 2.05) is 30.0 Å². The van der Waals surface area contributed by atoms with E-state index in [9.17, 15) is 4.79 Å². The first-order chi connectivity index (χ1) is 7.24. The first kappa shape index (κ1) is 10.4. The fourth-order valence-corrected chi connectivity index (χ4v) is 2.70. The van der Waals surface area contributed by atoms with Crippen molar-refractivity contribution in [2.24, 2.45) is 5.73 Å². The maximum absolute atomic E-state index is 10.6. The number of nitrogens with two attached hydrogens (primary N) is 1. The fourth-order valence-electron chi connectivity index (χ4n) is 1.41. The van der Waals surface area contributed by atoms with Crippen molar-refractivity contribution in [2.45, 2.75) is 29.4 Å². The standard InChI is InChI=1S/C11H13NO2S/c12-11(13)14-8-3-1-6-10(7-8)15-9-4-2-5-9/h1,3,6-7,9H,2,4-5H2,(H2,12,13). The lowest BCUT2D eigenvalue weighted by Gasteiger charge is -2.24. The van der Waals surface area contributed by atoms with Crippen LogP contribution in [0.15, 0.2) is 29.2 Å². The van der Waals surface area contributed by atoms with Gasteiger partial charge in [-0.05, 0) is 31.0 Å². The average Bonchev–Trinajstić information content (AvgIpc) is 2.11. The van der Waals surface area contributed by atoms with E-state index in [2.05, 4.69) is 0 Å². The molecule has 1 aliphatic rings. The van der Waals surface area contributed by atoms with Gasteiger partial charge in [-0.15, -0.1) is 11.8 Å². The van der Waals surface area contributed by atoms with Crippen LogP contribution >= 0.6 is 11.8 Å². The highest BCUT2D eigenvalue weighted by Gasteiger charge is 2.18. The van der Waals surface area contributed by atoms with Gasteiger partial charge in [-0.2, -0.15) is 0 Å². The van der Waals surface area contributed by atoms with E-state index in [0.717, 1.165) is 10.1 Å². The number of rotatable bonds is 3. The molecule has 0 unspecified atom stereocenters. The highest BCUT2D eigenvalue weighted by molar-refractivity contribution is 8.00. The smallest absolute Gasteiger partial charge is 0.409 e. The van der Waals surface area contributed by atoms with Gasteiger partial charge in [-0.1, -0.05) is 12.5 Å². The van der Waals surface area contributed by atoms with E-state index in [0.29, 0.717) is 5.75 Å². The second-order valence-electron chi connectivity index (χ2n) is 3.57. The predicted molar refractivity (Wildman–Crippen MR) is 60.1 cm³/mol. The maximum Gasteiger partial charge on any atom is 0.409 e. The molecule has 1 aromatic carbocycles. The summed E-state index contributed by atoms with van der Waals surface area (Å²) in [5.41, 5.74) is 4.95. The zero-order valence-electron chi connectivity index (χ0n) is 8.31. The molecule has 2 N–H and O–H groups in total.